The largest absolute Gasteiger partial charge is 0.487 e. The second-order valence-corrected chi connectivity index (χ2v) is 5.76. The topological polar surface area (TPSA) is 35.2 Å². The molecular formula is C12H15BrFNO. The first-order valence-corrected chi connectivity index (χ1v) is 6.08. The van der Waals surface area contributed by atoms with Crippen LogP contribution < -0.4 is 10.5 Å². The van der Waals surface area contributed by atoms with E-state index in [1.165, 1.54) is 6.07 Å². The van der Waals surface area contributed by atoms with Crippen molar-refractivity contribution in [3.05, 3.63) is 28.5 Å². The number of halogens is 2. The van der Waals surface area contributed by atoms with E-state index in [2.05, 4.69) is 15.9 Å². The molecule has 2 N–H and O–H groups in total. The summed E-state index contributed by atoms with van der Waals surface area (Å²) in [5.41, 5.74) is 5.80. The number of hydrogen-bond acceptors (Lipinski definition) is 2. The van der Waals surface area contributed by atoms with Gasteiger partial charge in [0.15, 0.2) is 11.6 Å². The first kappa shape index (κ1) is 11.9. The highest BCUT2D eigenvalue weighted by atomic mass is 79.9. The number of benzene rings is 1. The maximum Gasteiger partial charge on any atom is 0.166 e. The Hall–Kier alpha value is -0.610. The molecular weight excluding hydrogens is 273 g/mol. The Kier molecular flexibility index (Phi) is 2.97. The Morgan fingerprint density at radius 3 is 2.69 bits per heavy atom. The van der Waals surface area contributed by atoms with Gasteiger partial charge in [-0.2, -0.15) is 0 Å². The summed E-state index contributed by atoms with van der Waals surface area (Å²) < 4.78 is 19.9. The molecule has 4 heteroatoms. The van der Waals surface area contributed by atoms with E-state index >= 15 is 0 Å². The SMILES string of the molecule is CC1(C)C(N)CC1Oc1ccc(Br)cc1F. The predicted molar refractivity (Wildman–Crippen MR) is 64.9 cm³/mol. The summed E-state index contributed by atoms with van der Waals surface area (Å²) in [5.74, 6) is -0.0428. The summed E-state index contributed by atoms with van der Waals surface area (Å²) in [5, 5.41) is 0. The molecule has 2 atom stereocenters. The highest BCUT2D eigenvalue weighted by Crippen LogP contribution is 2.42. The van der Waals surface area contributed by atoms with Crippen LogP contribution in [0.3, 0.4) is 0 Å². The molecule has 1 fully saturated rings. The van der Waals surface area contributed by atoms with E-state index in [0.717, 1.165) is 6.42 Å². The highest BCUT2D eigenvalue weighted by Gasteiger charge is 2.48. The predicted octanol–water partition coefficient (Wildman–Crippen LogP) is 3.09. The van der Waals surface area contributed by atoms with Gasteiger partial charge in [-0.3, -0.25) is 0 Å². The van der Waals surface area contributed by atoms with Gasteiger partial charge in [-0.15, -0.1) is 0 Å². The van der Waals surface area contributed by atoms with Gasteiger partial charge in [-0.25, -0.2) is 4.39 Å². The van der Waals surface area contributed by atoms with Crippen LogP contribution in [0.2, 0.25) is 0 Å². The molecule has 0 amide bonds. The molecule has 0 saturated heterocycles. The Labute approximate surface area is 103 Å². The van der Waals surface area contributed by atoms with Crippen molar-refractivity contribution in [3.63, 3.8) is 0 Å². The van der Waals surface area contributed by atoms with Crippen LogP contribution >= 0.6 is 15.9 Å². The molecule has 0 spiro atoms. The Morgan fingerprint density at radius 2 is 2.19 bits per heavy atom. The molecule has 0 heterocycles. The van der Waals surface area contributed by atoms with E-state index < -0.39 is 0 Å². The van der Waals surface area contributed by atoms with E-state index in [1.54, 1.807) is 12.1 Å². The smallest absolute Gasteiger partial charge is 0.166 e. The average molecular weight is 288 g/mol. The van der Waals surface area contributed by atoms with Gasteiger partial charge in [0.25, 0.3) is 0 Å². The summed E-state index contributed by atoms with van der Waals surface area (Å²) in [6.07, 6.45) is 0.779. The van der Waals surface area contributed by atoms with Gasteiger partial charge >= 0.3 is 0 Å². The van der Waals surface area contributed by atoms with Crippen molar-refractivity contribution in [2.45, 2.75) is 32.4 Å². The van der Waals surface area contributed by atoms with E-state index in [-0.39, 0.29) is 23.4 Å². The summed E-state index contributed by atoms with van der Waals surface area (Å²) in [6.45, 7) is 4.09. The van der Waals surface area contributed by atoms with E-state index in [9.17, 15) is 4.39 Å². The molecule has 1 aliphatic rings. The molecule has 0 radical (unpaired) electrons. The molecule has 16 heavy (non-hydrogen) atoms. The molecule has 2 unspecified atom stereocenters. The zero-order valence-electron chi connectivity index (χ0n) is 9.34. The van der Waals surface area contributed by atoms with Crippen LogP contribution in [0, 0.1) is 11.2 Å². The van der Waals surface area contributed by atoms with Crippen LogP contribution in [0.25, 0.3) is 0 Å². The lowest BCUT2D eigenvalue weighted by Crippen LogP contribution is -2.60. The fraction of sp³-hybridized carbons (Fsp3) is 0.500. The first-order valence-electron chi connectivity index (χ1n) is 5.28. The Bertz CT molecular complexity index is 408. The second kappa shape index (κ2) is 4.00. The zero-order chi connectivity index (χ0) is 11.9. The molecule has 1 saturated carbocycles. The molecule has 2 rings (SSSR count). The number of hydrogen-bond donors (Lipinski definition) is 1. The van der Waals surface area contributed by atoms with Crippen molar-refractivity contribution >= 4 is 15.9 Å². The molecule has 88 valence electrons. The summed E-state index contributed by atoms with van der Waals surface area (Å²) in [6, 6.07) is 4.94. The van der Waals surface area contributed by atoms with Crippen LogP contribution in [0.15, 0.2) is 22.7 Å². The molecule has 1 aromatic rings. The lowest BCUT2D eigenvalue weighted by Gasteiger charge is -2.49. The maximum absolute atomic E-state index is 13.5. The van der Waals surface area contributed by atoms with Gasteiger partial charge in [0.1, 0.15) is 6.10 Å². The first-order chi connectivity index (χ1) is 7.41. The van der Waals surface area contributed by atoms with Gasteiger partial charge in [0, 0.05) is 22.4 Å². The normalized spacial score (nSPS) is 27.3. The third-order valence-electron chi connectivity index (χ3n) is 3.42. The molecule has 1 aromatic carbocycles. The van der Waals surface area contributed by atoms with Crippen LogP contribution in [0.5, 0.6) is 5.75 Å². The monoisotopic (exact) mass is 287 g/mol. The van der Waals surface area contributed by atoms with Gasteiger partial charge in [-0.05, 0) is 18.2 Å². The number of ether oxygens (including phenoxy) is 1. The number of rotatable bonds is 2. The lowest BCUT2D eigenvalue weighted by atomic mass is 9.65. The quantitative estimate of drug-likeness (QED) is 0.907. The van der Waals surface area contributed by atoms with Crippen molar-refractivity contribution in [1.29, 1.82) is 0 Å². The fourth-order valence-electron chi connectivity index (χ4n) is 1.84. The maximum atomic E-state index is 13.5. The van der Waals surface area contributed by atoms with Gasteiger partial charge in [-0.1, -0.05) is 29.8 Å². The van der Waals surface area contributed by atoms with Gasteiger partial charge < -0.3 is 10.5 Å². The van der Waals surface area contributed by atoms with E-state index in [4.69, 9.17) is 10.5 Å². The zero-order valence-corrected chi connectivity index (χ0v) is 10.9. The van der Waals surface area contributed by atoms with Crippen molar-refractivity contribution in [3.8, 4) is 5.75 Å². The van der Waals surface area contributed by atoms with Crippen molar-refractivity contribution in [2.75, 3.05) is 0 Å². The Balaban J connectivity index is 2.11. The fourth-order valence-corrected chi connectivity index (χ4v) is 2.17. The molecule has 1 aliphatic carbocycles. The van der Waals surface area contributed by atoms with Crippen LogP contribution in [-0.4, -0.2) is 12.1 Å². The van der Waals surface area contributed by atoms with E-state index in [0.29, 0.717) is 10.2 Å². The molecule has 0 aliphatic heterocycles. The van der Waals surface area contributed by atoms with Gasteiger partial charge in [0.2, 0.25) is 0 Å². The summed E-state index contributed by atoms with van der Waals surface area (Å²) in [7, 11) is 0. The molecule has 0 bridgehead atoms. The van der Waals surface area contributed by atoms with Crippen molar-refractivity contribution in [1.82, 2.24) is 0 Å². The lowest BCUT2D eigenvalue weighted by molar-refractivity contribution is -0.0418. The second-order valence-electron chi connectivity index (χ2n) is 4.84. The summed E-state index contributed by atoms with van der Waals surface area (Å²) in [4.78, 5) is 0. The minimum absolute atomic E-state index is 0.00169. The third kappa shape index (κ3) is 1.96. The van der Waals surface area contributed by atoms with Crippen LogP contribution in [0.1, 0.15) is 20.3 Å². The van der Waals surface area contributed by atoms with Crippen LogP contribution in [0.4, 0.5) is 4.39 Å². The molecule has 0 aromatic heterocycles. The minimum Gasteiger partial charge on any atom is -0.487 e. The van der Waals surface area contributed by atoms with Gasteiger partial charge in [0.05, 0.1) is 0 Å². The summed E-state index contributed by atoms with van der Waals surface area (Å²) >= 11 is 3.21. The highest BCUT2D eigenvalue weighted by molar-refractivity contribution is 9.10. The number of nitrogens with two attached hydrogens (primary N) is 1. The standard InChI is InChI=1S/C12H15BrFNO/c1-12(2)10(15)6-11(12)16-9-4-3-7(13)5-8(9)14/h3-5,10-11H,6,15H2,1-2H3. The van der Waals surface area contributed by atoms with Crippen molar-refractivity contribution in [2.24, 2.45) is 11.1 Å². The average Bonchev–Trinajstić information content (AvgIpc) is 2.21. The van der Waals surface area contributed by atoms with Crippen molar-refractivity contribution < 1.29 is 9.13 Å². The third-order valence-corrected chi connectivity index (χ3v) is 3.91. The minimum atomic E-state index is -0.342. The van der Waals surface area contributed by atoms with Crippen LogP contribution in [-0.2, 0) is 0 Å². The van der Waals surface area contributed by atoms with E-state index in [1.807, 2.05) is 13.8 Å². The molecule has 2 nitrogen and oxygen atoms in total. The Morgan fingerprint density at radius 1 is 1.50 bits per heavy atom.